The molecule has 4 aromatic rings. The SMILES string of the molecule is Cc1c(F)cc2cnn(-c3ccc(-c4ccccc4)cc3)c2c1F. The van der Waals surface area contributed by atoms with Crippen LogP contribution in [0.1, 0.15) is 5.56 Å². The van der Waals surface area contributed by atoms with Crippen molar-refractivity contribution in [1.82, 2.24) is 9.78 Å². The highest BCUT2D eigenvalue weighted by molar-refractivity contribution is 5.82. The van der Waals surface area contributed by atoms with Gasteiger partial charge in [-0.3, -0.25) is 0 Å². The number of hydrogen-bond donors (Lipinski definition) is 0. The first-order valence-electron chi connectivity index (χ1n) is 7.63. The maximum atomic E-state index is 14.5. The molecule has 0 aliphatic rings. The summed E-state index contributed by atoms with van der Waals surface area (Å²) >= 11 is 0. The summed E-state index contributed by atoms with van der Waals surface area (Å²) in [7, 11) is 0. The van der Waals surface area contributed by atoms with Crippen molar-refractivity contribution in [2.75, 3.05) is 0 Å². The van der Waals surface area contributed by atoms with Crippen molar-refractivity contribution in [2.24, 2.45) is 0 Å². The van der Waals surface area contributed by atoms with E-state index in [-0.39, 0.29) is 5.56 Å². The Hall–Kier alpha value is -3.01. The number of nitrogens with zero attached hydrogens (tertiary/aromatic N) is 2. The number of aromatic nitrogens is 2. The lowest BCUT2D eigenvalue weighted by Crippen LogP contribution is -2.00. The number of fused-ring (bicyclic) bond motifs is 1. The molecule has 118 valence electrons. The molecule has 0 saturated carbocycles. The lowest BCUT2D eigenvalue weighted by atomic mass is 10.1. The molecule has 0 spiro atoms. The maximum absolute atomic E-state index is 14.5. The Balaban J connectivity index is 1.82. The van der Waals surface area contributed by atoms with Gasteiger partial charge in [0.25, 0.3) is 0 Å². The van der Waals surface area contributed by atoms with Crippen molar-refractivity contribution in [1.29, 1.82) is 0 Å². The molecule has 3 aromatic carbocycles. The molecule has 1 aromatic heterocycles. The zero-order valence-electron chi connectivity index (χ0n) is 13.0. The lowest BCUT2D eigenvalue weighted by molar-refractivity contribution is 0.573. The van der Waals surface area contributed by atoms with E-state index in [2.05, 4.69) is 5.10 Å². The monoisotopic (exact) mass is 320 g/mol. The first kappa shape index (κ1) is 14.6. The Morgan fingerprint density at radius 3 is 2.25 bits per heavy atom. The van der Waals surface area contributed by atoms with Crippen molar-refractivity contribution in [3.8, 4) is 16.8 Å². The molecule has 2 nitrogen and oxygen atoms in total. The third kappa shape index (κ3) is 2.27. The minimum Gasteiger partial charge on any atom is -0.230 e. The molecule has 4 rings (SSSR count). The molecule has 0 bridgehead atoms. The largest absolute Gasteiger partial charge is 0.230 e. The number of halogens is 2. The molecule has 0 aliphatic carbocycles. The Morgan fingerprint density at radius 1 is 0.875 bits per heavy atom. The summed E-state index contributed by atoms with van der Waals surface area (Å²) < 4.78 is 29.7. The molecule has 0 fully saturated rings. The van der Waals surface area contributed by atoms with Crippen molar-refractivity contribution >= 4 is 10.9 Å². The average Bonchev–Trinajstić information content (AvgIpc) is 3.04. The summed E-state index contributed by atoms with van der Waals surface area (Å²) in [5.74, 6) is -1.13. The predicted octanol–water partition coefficient (Wildman–Crippen LogP) is 5.28. The van der Waals surface area contributed by atoms with Crippen molar-refractivity contribution in [3.63, 3.8) is 0 Å². The van der Waals surface area contributed by atoms with Crippen LogP contribution in [-0.2, 0) is 0 Å². The minimum atomic E-state index is -0.574. The van der Waals surface area contributed by atoms with E-state index in [4.69, 9.17) is 0 Å². The smallest absolute Gasteiger partial charge is 0.155 e. The molecule has 4 heteroatoms. The third-order valence-corrected chi connectivity index (χ3v) is 4.19. The highest BCUT2D eigenvalue weighted by Crippen LogP contribution is 2.27. The highest BCUT2D eigenvalue weighted by Gasteiger charge is 2.15. The Morgan fingerprint density at radius 2 is 1.54 bits per heavy atom. The fraction of sp³-hybridized carbons (Fsp3) is 0.0500. The fourth-order valence-electron chi connectivity index (χ4n) is 2.84. The van der Waals surface area contributed by atoms with Gasteiger partial charge in [-0.05, 0) is 36.2 Å². The molecule has 0 radical (unpaired) electrons. The van der Waals surface area contributed by atoms with Crippen LogP contribution in [0.4, 0.5) is 8.78 Å². The molecule has 0 aliphatic heterocycles. The number of rotatable bonds is 2. The van der Waals surface area contributed by atoms with Crippen molar-refractivity contribution in [2.45, 2.75) is 6.92 Å². The van der Waals surface area contributed by atoms with Crippen LogP contribution in [0.15, 0.2) is 66.9 Å². The summed E-state index contributed by atoms with van der Waals surface area (Å²) in [6, 6.07) is 19.0. The van der Waals surface area contributed by atoms with E-state index >= 15 is 0 Å². The Kier molecular flexibility index (Phi) is 3.38. The Labute approximate surface area is 138 Å². The molecule has 0 N–H and O–H groups in total. The van der Waals surface area contributed by atoms with Gasteiger partial charge in [0.15, 0.2) is 5.82 Å². The summed E-state index contributed by atoms with van der Waals surface area (Å²) in [6.07, 6.45) is 1.48. The van der Waals surface area contributed by atoms with Crippen LogP contribution < -0.4 is 0 Å². The summed E-state index contributed by atoms with van der Waals surface area (Å²) in [6.45, 7) is 1.43. The number of benzene rings is 3. The molecule has 24 heavy (non-hydrogen) atoms. The molecule has 0 amide bonds. The van der Waals surface area contributed by atoms with Gasteiger partial charge in [-0.2, -0.15) is 5.10 Å². The first-order valence-corrected chi connectivity index (χ1v) is 7.63. The van der Waals surface area contributed by atoms with Gasteiger partial charge >= 0.3 is 0 Å². The van der Waals surface area contributed by atoms with E-state index in [0.29, 0.717) is 10.9 Å². The molecule has 0 unspecified atom stereocenters. The van der Waals surface area contributed by atoms with Crippen LogP contribution in [0, 0.1) is 18.6 Å². The second kappa shape index (κ2) is 5.57. The summed E-state index contributed by atoms with van der Waals surface area (Å²) in [5.41, 5.74) is 3.21. The standard InChI is InChI=1S/C20H14F2N2/c1-13-18(21)11-16-12-23-24(20(16)19(13)22)17-9-7-15(8-10-17)14-5-3-2-4-6-14/h2-12H,1H3. The van der Waals surface area contributed by atoms with E-state index in [9.17, 15) is 8.78 Å². The van der Waals surface area contributed by atoms with Gasteiger partial charge in [-0.1, -0.05) is 42.5 Å². The van der Waals surface area contributed by atoms with Crippen LogP contribution in [0.3, 0.4) is 0 Å². The van der Waals surface area contributed by atoms with Crippen molar-refractivity contribution in [3.05, 3.63) is 84.1 Å². The molecule has 0 atom stereocenters. The van der Waals surface area contributed by atoms with Gasteiger partial charge in [0.2, 0.25) is 0 Å². The van der Waals surface area contributed by atoms with Gasteiger partial charge in [-0.15, -0.1) is 0 Å². The topological polar surface area (TPSA) is 17.8 Å². The van der Waals surface area contributed by atoms with Gasteiger partial charge in [-0.25, -0.2) is 13.5 Å². The van der Waals surface area contributed by atoms with Gasteiger partial charge in [0.05, 0.1) is 11.9 Å². The van der Waals surface area contributed by atoms with E-state index < -0.39 is 11.6 Å². The number of hydrogen-bond acceptors (Lipinski definition) is 1. The average molecular weight is 320 g/mol. The van der Waals surface area contributed by atoms with Crippen molar-refractivity contribution < 1.29 is 8.78 Å². The van der Waals surface area contributed by atoms with Gasteiger partial charge < -0.3 is 0 Å². The summed E-state index contributed by atoms with van der Waals surface area (Å²) in [4.78, 5) is 0. The Bertz CT molecular complexity index is 1020. The van der Waals surface area contributed by atoms with Crippen LogP contribution in [0.2, 0.25) is 0 Å². The predicted molar refractivity (Wildman–Crippen MR) is 91.2 cm³/mol. The summed E-state index contributed by atoms with van der Waals surface area (Å²) in [5, 5.41) is 4.67. The third-order valence-electron chi connectivity index (χ3n) is 4.19. The molecule has 0 saturated heterocycles. The van der Waals surface area contributed by atoms with Crippen LogP contribution in [0.5, 0.6) is 0 Å². The normalized spacial score (nSPS) is 11.1. The zero-order chi connectivity index (χ0) is 16.7. The first-order chi connectivity index (χ1) is 11.6. The fourth-order valence-corrected chi connectivity index (χ4v) is 2.84. The van der Waals surface area contributed by atoms with Gasteiger partial charge in [0, 0.05) is 10.9 Å². The molecule has 1 heterocycles. The van der Waals surface area contributed by atoms with Crippen LogP contribution in [-0.4, -0.2) is 9.78 Å². The second-order valence-corrected chi connectivity index (χ2v) is 5.70. The second-order valence-electron chi connectivity index (χ2n) is 5.70. The zero-order valence-corrected chi connectivity index (χ0v) is 13.0. The van der Waals surface area contributed by atoms with Crippen LogP contribution >= 0.6 is 0 Å². The molecular weight excluding hydrogens is 306 g/mol. The highest BCUT2D eigenvalue weighted by atomic mass is 19.1. The van der Waals surface area contributed by atoms with E-state index in [0.717, 1.165) is 16.8 Å². The van der Waals surface area contributed by atoms with E-state index in [1.807, 2.05) is 54.6 Å². The molecular formula is C20H14F2N2. The van der Waals surface area contributed by atoms with E-state index in [1.54, 1.807) is 0 Å². The minimum absolute atomic E-state index is 0.00477. The van der Waals surface area contributed by atoms with E-state index in [1.165, 1.54) is 23.9 Å². The quantitative estimate of drug-likeness (QED) is 0.491. The maximum Gasteiger partial charge on any atom is 0.155 e. The van der Waals surface area contributed by atoms with Crippen LogP contribution in [0.25, 0.3) is 27.7 Å². The lowest BCUT2D eigenvalue weighted by Gasteiger charge is -2.08. The van der Waals surface area contributed by atoms with Gasteiger partial charge in [0.1, 0.15) is 11.3 Å².